The van der Waals surface area contributed by atoms with Gasteiger partial charge in [0.1, 0.15) is 0 Å². The van der Waals surface area contributed by atoms with Crippen molar-refractivity contribution < 1.29 is 0 Å². The van der Waals surface area contributed by atoms with Gasteiger partial charge < -0.3 is 16.6 Å². The SMILES string of the molecule is C=N.C=N.CC.CC1(CC#N)CCN(Cc2ccc(N)cc2)CC1. The molecular weight excluding hydrogens is 298 g/mol. The lowest BCUT2D eigenvalue weighted by Gasteiger charge is -2.38. The summed E-state index contributed by atoms with van der Waals surface area (Å²) in [4.78, 5) is 2.46. The molecule has 0 atom stereocenters. The van der Waals surface area contributed by atoms with Crippen molar-refractivity contribution in [3.63, 3.8) is 0 Å². The predicted octanol–water partition coefficient (Wildman–Crippen LogP) is 4.34. The van der Waals surface area contributed by atoms with Crippen molar-refractivity contribution in [2.24, 2.45) is 5.41 Å². The molecule has 0 saturated carbocycles. The first-order valence-corrected chi connectivity index (χ1v) is 8.26. The molecule has 1 aromatic carbocycles. The predicted molar refractivity (Wildman–Crippen MR) is 105 cm³/mol. The Morgan fingerprint density at radius 3 is 2.00 bits per heavy atom. The van der Waals surface area contributed by atoms with E-state index in [-0.39, 0.29) is 5.41 Å². The Kier molecular flexibility index (Phi) is 14.4. The van der Waals surface area contributed by atoms with E-state index in [1.807, 2.05) is 26.0 Å². The molecule has 0 aliphatic carbocycles. The number of nitriles is 1. The van der Waals surface area contributed by atoms with Crippen molar-refractivity contribution in [2.45, 2.75) is 46.6 Å². The molecule has 2 rings (SSSR count). The molecule has 1 saturated heterocycles. The quantitative estimate of drug-likeness (QED) is 0.567. The van der Waals surface area contributed by atoms with Crippen molar-refractivity contribution >= 4 is 19.1 Å². The molecule has 5 heteroatoms. The lowest BCUT2D eigenvalue weighted by atomic mass is 9.78. The number of benzene rings is 1. The largest absolute Gasteiger partial charge is 0.399 e. The average Bonchev–Trinajstić information content (AvgIpc) is 2.64. The number of nitrogens with zero attached hydrogens (tertiary/aromatic N) is 2. The second-order valence-electron chi connectivity index (χ2n) is 5.66. The summed E-state index contributed by atoms with van der Waals surface area (Å²) in [5.41, 5.74) is 8.04. The highest BCUT2D eigenvalue weighted by atomic mass is 15.1. The van der Waals surface area contributed by atoms with Gasteiger partial charge in [-0.15, -0.1) is 0 Å². The first kappa shape index (κ1) is 24.1. The Morgan fingerprint density at radius 2 is 1.58 bits per heavy atom. The Labute approximate surface area is 147 Å². The van der Waals surface area contributed by atoms with Gasteiger partial charge in [0.2, 0.25) is 0 Å². The third kappa shape index (κ3) is 9.06. The van der Waals surface area contributed by atoms with Crippen LogP contribution in [0.25, 0.3) is 0 Å². The first-order chi connectivity index (χ1) is 11.6. The normalized spacial score (nSPS) is 15.1. The topological polar surface area (TPSA) is 101 Å². The maximum Gasteiger partial charge on any atom is 0.0627 e. The standard InChI is InChI=1S/C15H21N3.C2H6.2CH3N/c1-15(6-9-16)7-10-18(11-8-15)12-13-2-4-14(17)5-3-13;3*1-2/h2-5H,6-8,10-12,17H2,1H3;1-2H3;2*2H,1H2. The molecule has 0 bridgehead atoms. The van der Waals surface area contributed by atoms with Gasteiger partial charge in [0.15, 0.2) is 0 Å². The van der Waals surface area contributed by atoms with Gasteiger partial charge in [0.05, 0.1) is 6.07 Å². The van der Waals surface area contributed by atoms with Gasteiger partial charge in [-0.2, -0.15) is 5.26 Å². The molecule has 0 aromatic heterocycles. The lowest BCUT2D eigenvalue weighted by molar-refractivity contribution is 0.116. The van der Waals surface area contributed by atoms with Crippen LogP contribution in [0.3, 0.4) is 0 Å². The summed E-state index contributed by atoms with van der Waals surface area (Å²) in [6.45, 7) is 14.4. The smallest absolute Gasteiger partial charge is 0.0627 e. The zero-order chi connectivity index (χ0) is 19.0. The van der Waals surface area contributed by atoms with Crippen LogP contribution in [0.4, 0.5) is 5.69 Å². The third-order valence-corrected chi connectivity index (χ3v) is 3.95. The molecule has 1 aliphatic rings. The number of nitrogen functional groups attached to an aromatic ring is 1. The van der Waals surface area contributed by atoms with E-state index in [2.05, 4.69) is 43.5 Å². The minimum atomic E-state index is 0.229. The minimum absolute atomic E-state index is 0.229. The molecule has 1 heterocycles. The van der Waals surface area contributed by atoms with Crippen LogP contribution in [0.15, 0.2) is 24.3 Å². The summed E-state index contributed by atoms with van der Waals surface area (Å²) in [6.07, 6.45) is 2.92. The fourth-order valence-corrected chi connectivity index (χ4v) is 2.50. The summed E-state index contributed by atoms with van der Waals surface area (Å²) in [5, 5.41) is 19.8. The molecule has 0 unspecified atom stereocenters. The van der Waals surface area contributed by atoms with Gasteiger partial charge in [-0.05, 0) is 62.5 Å². The Hall–Kier alpha value is -2.19. The average molecular weight is 332 g/mol. The zero-order valence-electron chi connectivity index (χ0n) is 15.4. The second kappa shape index (κ2) is 14.4. The number of piperidine rings is 1. The summed E-state index contributed by atoms with van der Waals surface area (Å²) >= 11 is 0. The van der Waals surface area contributed by atoms with E-state index in [9.17, 15) is 0 Å². The van der Waals surface area contributed by atoms with Gasteiger partial charge in [-0.25, -0.2) is 0 Å². The van der Waals surface area contributed by atoms with Crippen LogP contribution >= 0.6 is 0 Å². The number of hydrogen-bond donors (Lipinski definition) is 3. The highest BCUT2D eigenvalue weighted by Crippen LogP contribution is 2.34. The van der Waals surface area contributed by atoms with Crippen molar-refractivity contribution in [1.82, 2.24) is 4.90 Å². The highest BCUT2D eigenvalue weighted by molar-refractivity contribution is 5.39. The molecule has 1 fully saturated rings. The molecule has 1 aromatic rings. The van der Waals surface area contributed by atoms with Gasteiger partial charge in [-0.3, -0.25) is 4.90 Å². The fraction of sp³-hybridized carbons (Fsp3) is 0.526. The number of anilines is 1. The van der Waals surface area contributed by atoms with Crippen molar-refractivity contribution in [3.05, 3.63) is 29.8 Å². The fourth-order valence-electron chi connectivity index (χ4n) is 2.50. The molecule has 1 aliphatic heterocycles. The number of nitrogens with two attached hydrogens (primary N) is 1. The number of rotatable bonds is 3. The summed E-state index contributed by atoms with van der Waals surface area (Å²) in [7, 11) is 0. The van der Waals surface area contributed by atoms with E-state index in [4.69, 9.17) is 21.8 Å². The second-order valence-corrected chi connectivity index (χ2v) is 5.66. The van der Waals surface area contributed by atoms with Crippen LogP contribution in [-0.2, 0) is 6.54 Å². The number of hydrogen-bond acceptors (Lipinski definition) is 5. The molecule has 134 valence electrons. The molecule has 5 nitrogen and oxygen atoms in total. The van der Waals surface area contributed by atoms with Crippen LogP contribution in [0.1, 0.15) is 45.6 Å². The molecule has 4 N–H and O–H groups in total. The van der Waals surface area contributed by atoms with Crippen LogP contribution in [-0.4, -0.2) is 31.4 Å². The molecular formula is C19H33N5. The van der Waals surface area contributed by atoms with Crippen molar-refractivity contribution in [1.29, 1.82) is 16.1 Å². The lowest BCUT2D eigenvalue weighted by Crippen LogP contribution is -2.38. The van der Waals surface area contributed by atoms with Crippen molar-refractivity contribution in [3.8, 4) is 6.07 Å². The van der Waals surface area contributed by atoms with Gasteiger partial charge >= 0.3 is 0 Å². The summed E-state index contributed by atoms with van der Waals surface area (Å²) in [6, 6.07) is 10.4. The van der Waals surface area contributed by atoms with Gasteiger partial charge in [0, 0.05) is 18.7 Å². The first-order valence-electron chi connectivity index (χ1n) is 8.26. The van der Waals surface area contributed by atoms with E-state index in [0.717, 1.165) is 38.2 Å². The molecule has 0 amide bonds. The van der Waals surface area contributed by atoms with Crippen LogP contribution in [0, 0.1) is 27.6 Å². The van der Waals surface area contributed by atoms with Crippen molar-refractivity contribution in [2.75, 3.05) is 18.8 Å². The van der Waals surface area contributed by atoms with Crippen LogP contribution in [0.2, 0.25) is 0 Å². The van der Waals surface area contributed by atoms with Crippen LogP contribution < -0.4 is 5.73 Å². The monoisotopic (exact) mass is 331 g/mol. The number of likely N-dealkylation sites (tertiary alicyclic amines) is 1. The third-order valence-electron chi connectivity index (χ3n) is 3.95. The van der Waals surface area contributed by atoms with E-state index >= 15 is 0 Å². The molecule has 0 radical (unpaired) electrons. The van der Waals surface area contributed by atoms with E-state index < -0.39 is 0 Å². The van der Waals surface area contributed by atoms with E-state index in [1.54, 1.807) is 0 Å². The summed E-state index contributed by atoms with van der Waals surface area (Å²) < 4.78 is 0. The molecule has 24 heavy (non-hydrogen) atoms. The summed E-state index contributed by atoms with van der Waals surface area (Å²) in [5.74, 6) is 0. The minimum Gasteiger partial charge on any atom is -0.399 e. The highest BCUT2D eigenvalue weighted by Gasteiger charge is 2.29. The Morgan fingerprint density at radius 1 is 1.12 bits per heavy atom. The van der Waals surface area contributed by atoms with Gasteiger partial charge in [0.25, 0.3) is 0 Å². The zero-order valence-corrected chi connectivity index (χ0v) is 15.4. The van der Waals surface area contributed by atoms with E-state index in [0.29, 0.717) is 6.42 Å². The Bertz CT molecular complexity index is 454. The molecule has 0 spiro atoms. The Balaban J connectivity index is 0. The van der Waals surface area contributed by atoms with Crippen LogP contribution in [0.5, 0.6) is 0 Å². The van der Waals surface area contributed by atoms with E-state index in [1.165, 1.54) is 5.56 Å². The number of nitrogens with one attached hydrogen (secondary N) is 2. The maximum atomic E-state index is 8.84. The van der Waals surface area contributed by atoms with Gasteiger partial charge in [-0.1, -0.05) is 32.9 Å². The maximum absolute atomic E-state index is 8.84.